The number of hydrogen-bond acceptors (Lipinski definition) is 12. The second-order valence-electron chi connectivity index (χ2n) is 25.0. The maximum atomic E-state index is 12.3. The van der Waals surface area contributed by atoms with Crippen LogP contribution in [-0.4, -0.2) is 92.3 Å². The highest BCUT2D eigenvalue weighted by Gasteiger charge is 2.58. The highest BCUT2D eigenvalue weighted by atomic mass is 16.5. The summed E-state index contributed by atoms with van der Waals surface area (Å²) in [4.78, 5) is 0. The van der Waals surface area contributed by atoms with E-state index in [0.717, 1.165) is 132 Å². The molecule has 7 atom stereocenters. The van der Waals surface area contributed by atoms with Crippen LogP contribution in [0, 0.1) is 29.6 Å². The average Bonchev–Trinajstić information content (AvgIpc) is 1.34. The first-order valence-electron chi connectivity index (χ1n) is 31.3. The normalized spacial score (nSPS) is 25.2. The van der Waals surface area contributed by atoms with Crippen LogP contribution in [0.15, 0.2) is 121 Å². The van der Waals surface area contributed by atoms with Gasteiger partial charge in [-0.3, -0.25) is 5.32 Å². The minimum absolute atomic E-state index is 0.00353. The number of aliphatic hydroxyl groups is 3. The molecule has 3 aliphatic carbocycles. The predicted molar refractivity (Wildman–Crippen MR) is 329 cm³/mol. The summed E-state index contributed by atoms with van der Waals surface area (Å²) >= 11 is 0. The van der Waals surface area contributed by atoms with E-state index in [1.165, 1.54) is 23.1 Å². The Morgan fingerprint density at radius 3 is 2.60 bits per heavy atom. The number of aromatic hydroxyl groups is 3. The molecule has 1 unspecified atom stereocenters. The molecule has 1 saturated carbocycles. The fourth-order valence-electron chi connectivity index (χ4n) is 15.6. The zero-order valence-electron chi connectivity index (χ0n) is 48.7. The van der Waals surface area contributed by atoms with Crippen molar-refractivity contribution in [2.75, 3.05) is 33.2 Å². The molecular formula is C72H81N3O10. The summed E-state index contributed by atoms with van der Waals surface area (Å²) in [7, 11) is 0. The Morgan fingerprint density at radius 1 is 0.835 bits per heavy atom. The number of ether oxygens (including phenoxy) is 4. The van der Waals surface area contributed by atoms with Gasteiger partial charge in [0.25, 0.3) is 0 Å². The molecule has 444 valence electrons. The quantitative estimate of drug-likeness (QED) is 0.0311. The number of nitrogens with zero attached hydrogens (tertiary/aromatic N) is 1. The molecule has 6 aromatic rings. The molecule has 0 amide bonds. The molecular weight excluding hydrogens is 1070 g/mol. The van der Waals surface area contributed by atoms with Crippen molar-refractivity contribution in [3.05, 3.63) is 176 Å². The third kappa shape index (κ3) is 11.6. The molecule has 2 fully saturated rings. The minimum atomic E-state index is -0.778. The number of hydrogen-bond donors (Lipinski definition) is 8. The van der Waals surface area contributed by atoms with Crippen molar-refractivity contribution in [2.24, 2.45) is 17.8 Å². The van der Waals surface area contributed by atoms with E-state index in [0.29, 0.717) is 56.6 Å². The SMILES string of the molecule is OCCCOCNC1C=C2C#C[C@@H](CCc3ccc(O)c(Cc4cccc(O)c4)c3)CCC[C@H]3C[C@H](O)[C@@H]4C=Cc5c(c(CO)cc(O)c5OCc5cc([C@@]67CCOC8(CCCCC8)[C@H]6CCc6ccccc67)cc6cn(cc56)C(=C2CO3)N1)C4. The number of aromatic nitrogens is 1. The van der Waals surface area contributed by atoms with Crippen LogP contribution in [-0.2, 0) is 58.5 Å². The molecule has 8 aliphatic rings. The van der Waals surface area contributed by atoms with E-state index in [-0.39, 0.29) is 85.3 Å². The van der Waals surface area contributed by atoms with E-state index < -0.39 is 12.3 Å². The lowest BCUT2D eigenvalue weighted by Crippen LogP contribution is -2.59. The Bertz CT molecular complexity index is 3590. The predicted octanol–water partition coefficient (Wildman–Crippen LogP) is 11.1. The fraction of sp³-hybridized carbons (Fsp3) is 0.444. The zero-order chi connectivity index (χ0) is 58.1. The van der Waals surface area contributed by atoms with Gasteiger partial charge in [-0.15, -0.1) is 0 Å². The van der Waals surface area contributed by atoms with Gasteiger partial charge >= 0.3 is 0 Å². The van der Waals surface area contributed by atoms with Crippen molar-refractivity contribution in [2.45, 2.75) is 152 Å². The first-order valence-corrected chi connectivity index (χ1v) is 31.3. The van der Waals surface area contributed by atoms with Crippen LogP contribution in [0.5, 0.6) is 23.0 Å². The highest BCUT2D eigenvalue weighted by molar-refractivity contribution is 5.89. The Labute approximate surface area is 499 Å². The Kier molecular flexibility index (Phi) is 16.7. The minimum Gasteiger partial charge on any atom is -0.508 e. The maximum Gasteiger partial charge on any atom is 0.168 e. The van der Waals surface area contributed by atoms with Gasteiger partial charge in [-0.2, -0.15) is 0 Å². The van der Waals surface area contributed by atoms with Crippen LogP contribution < -0.4 is 15.4 Å². The highest BCUT2D eigenvalue weighted by Crippen LogP contribution is 2.60. The lowest BCUT2D eigenvalue weighted by molar-refractivity contribution is -0.166. The average molecular weight is 1150 g/mol. The van der Waals surface area contributed by atoms with E-state index >= 15 is 0 Å². The molecule has 1 saturated heterocycles. The first kappa shape index (κ1) is 57.2. The molecule has 85 heavy (non-hydrogen) atoms. The number of rotatable bonds is 13. The van der Waals surface area contributed by atoms with Crippen LogP contribution in [0.25, 0.3) is 22.7 Å². The maximum absolute atomic E-state index is 12.3. The van der Waals surface area contributed by atoms with Crippen molar-refractivity contribution in [1.29, 1.82) is 0 Å². The molecule has 1 aromatic heterocycles. The molecule has 13 nitrogen and oxygen atoms in total. The van der Waals surface area contributed by atoms with E-state index in [1.54, 1.807) is 24.3 Å². The van der Waals surface area contributed by atoms with Gasteiger partial charge in [0.1, 0.15) is 30.1 Å². The monoisotopic (exact) mass is 1150 g/mol. The summed E-state index contributed by atoms with van der Waals surface area (Å²) in [5.41, 5.74) is 11.2. The number of benzene rings is 5. The van der Waals surface area contributed by atoms with Crippen molar-refractivity contribution < 1.29 is 49.6 Å². The van der Waals surface area contributed by atoms with E-state index in [4.69, 9.17) is 18.9 Å². The second-order valence-corrected chi connectivity index (χ2v) is 25.0. The third-order valence-corrected chi connectivity index (χ3v) is 19.9. The van der Waals surface area contributed by atoms with Gasteiger partial charge in [-0.05, 0) is 164 Å². The van der Waals surface area contributed by atoms with Gasteiger partial charge < -0.3 is 59.5 Å². The third-order valence-electron chi connectivity index (χ3n) is 19.9. The standard InChI is InChI=1S/C72H81N3O10/c76-28-8-29-82-45-73-68-38-50-19-17-46(15-16-47-18-23-64(79)52(31-47)32-48-10-6-12-57(78)33-48)9-7-13-58-39-65(80)51-20-22-59-60(36-51)54(42-77)37-66(81)69(59)84-43-55-35-56(34-53-40-75(41-61(53)55)70(74-68)62(50)44-83-58)72-27-30-85-71(25-4-1-5-26-71)67(72)24-21-49-11-2-3-14-63(49)72/h2-3,6,10-12,14,18,20,22-23,31,33-35,37-38,40-41,46,51,58,65,67-68,73-74,76-81H,1,4-5,7-9,13,15-16,21,24-30,32,36,39,42-45H2/t46-,51-,58+,65+,67-,68?,72-/m1/s1. The van der Waals surface area contributed by atoms with Crippen LogP contribution in [0.3, 0.4) is 0 Å². The molecule has 8 N–H and O–H groups in total. The molecule has 5 aliphatic heterocycles. The number of fused-ring (bicyclic) bond motifs is 6. The molecule has 6 heterocycles. The molecule has 1 spiro atoms. The molecule has 8 bridgehead atoms. The smallest absolute Gasteiger partial charge is 0.168 e. The largest absolute Gasteiger partial charge is 0.508 e. The lowest BCUT2D eigenvalue weighted by atomic mass is 9.51. The van der Waals surface area contributed by atoms with Crippen LogP contribution in [0.1, 0.15) is 139 Å². The lowest BCUT2D eigenvalue weighted by Gasteiger charge is -2.59. The van der Waals surface area contributed by atoms with Crippen molar-refractivity contribution in [3.63, 3.8) is 0 Å². The number of aliphatic hydroxyl groups excluding tert-OH is 3. The Hall–Kier alpha value is -6.86. The first-order chi connectivity index (χ1) is 41.6. The van der Waals surface area contributed by atoms with Crippen LogP contribution in [0.4, 0.5) is 0 Å². The Morgan fingerprint density at radius 2 is 1.73 bits per heavy atom. The summed E-state index contributed by atoms with van der Waals surface area (Å²) in [5, 5.41) is 75.2. The molecule has 0 radical (unpaired) electrons. The number of nitrogens with one attached hydrogen (secondary N) is 2. The summed E-state index contributed by atoms with van der Waals surface area (Å²) in [6, 6.07) is 28.5. The van der Waals surface area contributed by atoms with Crippen molar-refractivity contribution in [3.8, 4) is 34.8 Å². The van der Waals surface area contributed by atoms with Gasteiger partial charge in [0, 0.05) is 89.1 Å². The molecule has 5 aromatic carbocycles. The topological polar surface area (TPSA) is 187 Å². The Balaban J connectivity index is 0.951. The van der Waals surface area contributed by atoms with Crippen LogP contribution in [0.2, 0.25) is 0 Å². The van der Waals surface area contributed by atoms with Gasteiger partial charge in [0.15, 0.2) is 11.5 Å². The van der Waals surface area contributed by atoms with Gasteiger partial charge in [0.2, 0.25) is 0 Å². The van der Waals surface area contributed by atoms with E-state index in [2.05, 4.69) is 88.0 Å². The van der Waals surface area contributed by atoms with Crippen molar-refractivity contribution in [1.82, 2.24) is 15.2 Å². The van der Waals surface area contributed by atoms with E-state index in [9.17, 15) is 30.6 Å². The van der Waals surface area contributed by atoms with Crippen LogP contribution >= 0.6 is 0 Å². The molecule has 13 heteroatoms. The summed E-state index contributed by atoms with van der Waals surface area (Å²) in [5.74, 6) is 9.04. The fourth-order valence-corrected chi connectivity index (χ4v) is 15.6. The van der Waals surface area contributed by atoms with Gasteiger partial charge in [0.05, 0.1) is 44.4 Å². The van der Waals surface area contributed by atoms with Gasteiger partial charge in [-0.25, -0.2) is 0 Å². The van der Waals surface area contributed by atoms with E-state index in [1.807, 2.05) is 30.4 Å². The molecule has 14 rings (SSSR count). The number of phenolic OH excluding ortho intramolecular Hbond substituents is 3. The number of dihydropyridines is 1. The summed E-state index contributed by atoms with van der Waals surface area (Å²) < 4.78 is 29.4. The van der Waals surface area contributed by atoms with Gasteiger partial charge in [-0.1, -0.05) is 97.9 Å². The number of phenols is 3. The second kappa shape index (κ2) is 24.9. The van der Waals surface area contributed by atoms with Crippen molar-refractivity contribution >= 4 is 22.7 Å². The summed E-state index contributed by atoms with van der Waals surface area (Å²) in [6.07, 6.45) is 23.3. The summed E-state index contributed by atoms with van der Waals surface area (Å²) in [6.45, 7) is 1.45. The number of aryl methyl sites for hydroxylation is 2. The zero-order valence-corrected chi connectivity index (χ0v) is 48.7.